The first kappa shape index (κ1) is 22.0. The molecule has 0 saturated carbocycles. The van der Waals surface area contributed by atoms with Gasteiger partial charge in [0.2, 0.25) is 0 Å². The van der Waals surface area contributed by atoms with E-state index in [0.717, 1.165) is 30.9 Å². The predicted octanol–water partition coefficient (Wildman–Crippen LogP) is 4.75. The van der Waals surface area contributed by atoms with Crippen LogP contribution < -0.4 is 20.3 Å². The third-order valence-electron chi connectivity index (χ3n) is 5.40. The van der Waals surface area contributed by atoms with Crippen LogP contribution in [0.25, 0.3) is 11.3 Å². The van der Waals surface area contributed by atoms with E-state index in [1.165, 1.54) is 24.3 Å². The molecule has 2 aromatic carbocycles. The molecular formula is C23H24F3N3O3. The third kappa shape index (κ3) is 5.35. The smallest absolute Gasteiger partial charge is 0.456 e. The van der Waals surface area contributed by atoms with E-state index < -0.39 is 12.6 Å². The summed E-state index contributed by atoms with van der Waals surface area (Å²) in [4.78, 5) is 2.31. The summed E-state index contributed by atoms with van der Waals surface area (Å²) in [5.74, 6) is 0.396. The molecule has 6 nitrogen and oxygen atoms in total. The summed E-state index contributed by atoms with van der Waals surface area (Å²) in [6.07, 6.45) is -4.71. The molecule has 0 spiro atoms. The van der Waals surface area contributed by atoms with Crippen LogP contribution in [0.5, 0.6) is 5.75 Å². The maximum atomic E-state index is 12.3. The molecule has 32 heavy (non-hydrogen) atoms. The number of halogens is 3. The van der Waals surface area contributed by atoms with Crippen LogP contribution in [0.4, 0.5) is 24.5 Å². The first-order chi connectivity index (χ1) is 15.3. The minimum absolute atomic E-state index is 0.288. The number of rotatable bonds is 7. The Morgan fingerprint density at radius 3 is 2.41 bits per heavy atom. The monoisotopic (exact) mass is 447 g/mol. The molecule has 1 saturated heterocycles. The fraction of sp³-hybridized carbons (Fsp3) is 0.304. The fourth-order valence-corrected chi connectivity index (χ4v) is 3.70. The molecule has 2 heterocycles. The van der Waals surface area contributed by atoms with Gasteiger partial charge in [0.25, 0.3) is 0 Å². The maximum absolute atomic E-state index is 12.3. The van der Waals surface area contributed by atoms with Crippen molar-refractivity contribution in [3.05, 3.63) is 66.4 Å². The number of hydrogen-bond acceptors (Lipinski definition) is 6. The highest BCUT2D eigenvalue weighted by Crippen LogP contribution is 2.30. The zero-order valence-electron chi connectivity index (χ0n) is 17.4. The highest BCUT2D eigenvalue weighted by molar-refractivity contribution is 5.59. The number of ether oxygens (including phenoxy) is 1. The van der Waals surface area contributed by atoms with Crippen LogP contribution >= 0.6 is 0 Å². The Morgan fingerprint density at radius 2 is 1.78 bits per heavy atom. The van der Waals surface area contributed by atoms with Gasteiger partial charge in [0, 0.05) is 36.1 Å². The summed E-state index contributed by atoms with van der Waals surface area (Å²) in [6.45, 7) is 1.96. The van der Waals surface area contributed by atoms with Crippen LogP contribution in [0, 0.1) is 0 Å². The maximum Gasteiger partial charge on any atom is 0.573 e. The van der Waals surface area contributed by atoms with Crippen molar-refractivity contribution in [2.75, 3.05) is 30.4 Å². The number of aliphatic hydroxyl groups is 1. The average Bonchev–Trinajstić information content (AvgIpc) is 3.44. The summed E-state index contributed by atoms with van der Waals surface area (Å²) in [6, 6.07) is 16.9. The summed E-state index contributed by atoms with van der Waals surface area (Å²) in [7, 11) is 1.97. The molecule has 0 amide bonds. The Morgan fingerprint density at radius 1 is 1.06 bits per heavy atom. The first-order valence-corrected chi connectivity index (χ1v) is 10.2. The molecule has 1 aromatic heterocycles. The Labute approximate surface area is 183 Å². The summed E-state index contributed by atoms with van der Waals surface area (Å²) in [5, 5.41) is 16.8. The minimum atomic E-state index is -4.74. The summed E-state index contributed by atoms with van der Waals surface area (Å²) >= 11 is 0. The molecular weight excluding hydrogens is 423 g/mol. The lowest BCUT2D eigenvalue weighted by molar-refractivity contribution is -0.274. The second-order valence-corrected chi connectivity index (χ2v) is 7.59. The number of nitrogens with zero attached hydrogens (tertiary/aromatic N) is 1. The van der Waals surface area contributed by atoms with E-state index in [0.29, 0.717) is 17.4 Å². The number of nitrogens with one attached hydrogen (secondary N) is 2. The second kappa shape index (κ2) is 9.13. The van der Waals surface area contributed by atoms with E-state index in [2.05, 4.69) is 20.3 Å². The van der Waals surface area contributed by atoms with Crippen LogP contribution in [0.15, 0.2) is 65.1 Å². The van der Waals surface area contributed by atoms with Crippen molar-refractivity contribution in [3.8, 4) is 17.1 Å². The van der Waals surface area contributed by atoms with Crippen molar-refractivity contribution in [3.63, 3.8) is 0 Å². The van der Waals surface area contributed by atoms with Crippen molar-refractivity contribution in [2.45, 2.75) is 25.1 Å². The van der Waals surface area contributed by atoms with Gasteiger partial charge in [-0.25, -0.2) is 0 Å². The lowest BCUT2D eigenvalue weighted by atomic mass is 10.2. The van der Waals surface area contributed by atoms with Crippen LogP contribution in [-0.4, -0.2) is 37.6 Å². The number of benzene rings is 2. The number of likely N-dealkylation sites (N-methyl/N-ethyl adjacent to an activating group) is 1. The molecule has 1 fully saturated rings. The standard InChI is InChI=1S/C23H24F3N3O3/c1-27-17-12-13-29(14-17)18-6-4-16(5-7-18)28-22(30)21-11-10-20(31-21)15-2-8-19(9-3-15)32-23(24,25)26/h2-11,17,22,27-28,30H,12-14H2,1H3. The number of alkyl halides is 3. The minimum Gasteiger partial charge on any atom is -0.456 e. The zero-order valence-corrected chi connectivity index (χ0v) is 17.4. The first-order valence-electron chi connectivity index (χ1n) is 10.2. The van der Waals surface area contributed by atoms with Gasteiger partial charge in [0.15, 0.2) is 12.0 Å². The quantitative estimate of drug-likeness (QED) is 0.455. The van der Waals surface area contributed by atoms with Crippen molar-refractivity contribution >= 4 is 11.4 Å². The lowest BCUT2D eigenvalue weighted by Gasteiger charge is -2.19. The van der Waals surface area contributed by atoms with Gasteiger partial charge >= 0.3 is 6.36 Å². The topological polar surface area (TPSA) is 69.9 Å². The molecule has 9 heteroatoms. The summed E-state index contributed by atoms with van der Waals surface area (Å²) in [5.41, 5.74) is 2.42. The van der Waals surface area contributed by atoms with Crippen molar-refractivity contribution in [1.82, 2.24) is 5.32 Å². The molecule has 0 radical (unpaired) electrons. The SMILES string of the molecule is CNC1CCN(c2ccc(NC(O)c3ccc(-c4ccc(OC(F)(F)F)cc4)o3)cc2)C1. The average molecular weight is 447 g/mol. The van der Waals surface area contributed by atoms with E-state index in [-0.39, 0.29) is 11.5 Å². The van der Waals surface area contributed by atoms with Gasteiger partial charge in [0.05, 0.1) is 0 Å². The molecule has 0 aliphatic carbocycles. The second-order valence-electron chi connectivity index (χ2n) is 7.59. The predicted molar refractivity (Wildman–Crippen MR) is 116 cm³/mol. The van der Waals surface area contributed by atoms with Crippen molar-refractivity contribution < 1.29 is 27.4 Å². The normalized spacial score (nSPS) is 17.4. The van der Waals surface area contributed by atoms with Crippen LogP contribution in [0.2, 0.25) is 0 Å². The van der Waals surface area contributed by atoms with Gasteiger partial charge < -0.3 is 29.8 Å². The van der Waals surface area contributed by atoms with Crippen LogP contribution in [0.3, 0.4) is 0 Å². The van der Waals surface area contributed by atoms with Gasteiger partial charge in [0.1, 0.15) is 11.5 Å². The highest BCUT2D eigenvalue weighted by atomic mass is 19.4. The molecule has 2 atom stereocenters. The van der Waals surface area contributed by atoms with Gasteiger partial charge in [-0.2, -0.15) is 0 Å². The van der Waals surface area contributed by atoms with Crippen molar-refractivity contribution in [1.29, 1.82) is 0 Å². The molecule has 1 aliphatic rings. The number of hydrogen-bond donors (Lipinski definition) is 3. The molecule has 3 N–H and O–H groups in total. The lowest BCUT2D eigenvalue weighted by Crippen LogP contribution is -2.29. The van der Waals surface area contributed by atoms with Gasteiger partial charge in [-0.3, -0.25) is 0 Å². The zero-order chi connectivity index (χ0) is 22.7. The Balaban J connectivity index is 1.37. The Bertz CT molecular complexity index is 1020. The van der Waals surface area contributed by atoms with Gasteiger partial charge in [-0.05, 0) is 74.1 Å². The van der Waals surface area contributed by atoms with Gasteiger partial charge in [-0.1, -0.05) is 0 Å². The molecule has 3 aromatic rings. The number of aliphatic hydroxyl groups excluding tert-OH is 1. The van der Waals surface area contributed by atoms with E-state index >= 15 is 0 Å². The Kier molecular flexibility index (Phi) is 6.29. The van der Waals surface area contributed by atoms with Gasteiger partial charge in [-0.15, -0.1) is 13.2 Å². The molecule has 4 rings (SSSR count). The van der Waals surface area contributed by atoms with E-state index in [1.54, 1.807) is 12.1 Å². The molecule has 0 bridgehead atoms. The van der Waals surface area contributed by atoms with E-state index in [9.17, 15) is 18.3 Å². The number of anilines is 2. The largest absolute Gasteiger partial charge is 0.573 e. The number of furan rings is 1. The van der Waals surface area contributed by atoms with Crippen molar-refractivity contribution in [2.24, 2.45) is 0 Å². The summed E-state index contributed by atoms with van der Waals surface area (Å²) < 4.78 is 46.4. The van der Waals surface area contributed by atoms with Crippen LogP contribution in [-0.2, 0) is 0 Å². The molecule has 2 unspecified atom stereocenters. The van der Waals surface area contributed by atoms with Crippen LogP contribution in [0.1, 0.15) is 18.4 Å². The molecule has 1 aliphatic heterocycles. The third-order valence-corrected chi connectivity index (χ3v) is 5.40. The Hall–Kier alpha value is -3.17. The fourth-order valence-electron chi connectivity index (χ4n) is 3.70. The van der Waals surface area contributed by atoms with E-state index in [4.69, 9.17) is 4.42 Å². The van der Waals surface area contributed by atoms with E-state index in [1.807, 2.05) is 31.3 Å². The molecule has 170 valence electrons. The highest BCUT2D eigenvalue weighted by Gasteiger charge is 2.31.